The van der Waals surface area contributed by atoms with Gasteiger partial charge in [-0.1, -0.05) is 12.1 Å². The molecule has 4 heteroatoms. The van der Waals surface area contributed by atoms with Gasteiger partial charge in [-0.15, -0.1) is 0 Å². The smallest absolute Gasteiger partial charge is 0.310 e. The van der Waals surface area contributed by atoms with Gasteiger partial charge in [-0.25, -0.2) is 0 Å². The Bertz CT molecular complexity index is 569. The maximum atomic E-state index is 11.9. The summed E-state index contributed by atoms with van der Waals surface area (Å²) >= 11 is 0. The van der Waals surface area contributed by atoms with E-state index >= 15 is 0 Å². The van der Waals surface area contributed by atoms with Crippen LogP contribution in [0.1, 0.15) is 44.7 Å². The highest BCUT2D eigenvalue weighted by atomic mass is 16.6. The third-order valence-corrected chi connectivity index (χ3v) is 4.23. The van der Waals surface area contributed by atoms with E-state index in [-0.39, 0.29) is 5.97 Å². The highest BCUT2D eigenvalue weighted by Crippen LogP contribution is 2.32. The Morgan fingerprint density at radius 3 is 2.74 bits per heavy atom. The van der Waals surface area contributed by atoms with Crippen LogP contribution < -0.4 is 4.74 Å². The highest BCUT2D eigenvalue weighted by molar-refractivity contribution is 5.73. The predicted molar refractivity (Wildman–Crippen MR) is 87.7 cm³/mol. The number of carbonyl (C=O) groups is 1. The zero-order valence-electron chi connectivity index (χ0n) is 14.3. The molecular formula is C19H26O4. The van der Waals surface area contributed by atoms with Gasteiger partial charge >= 0.3 is 5.97 Å². The van der Waals surface area contributed by atoms with Crippen LogP contribution >= 0.6 is 0 Å². The number of benzene rings is 1. The maximum Gasteiger partial charge on any atom is 0.310 e. The zero-order valence-corrected chi connectivity index (χ0v) is 14.3. The number of carbonyl (C=O) groups excluding carboxylic acids is 1. The number of hydrogen-bond acceptors (Lipinski definition) is 4. The van der Waals surface area contributed by atoms with Crippen molar-refractivity contribution in [2.45, 2.75) is 58.2 Å². The van der Waals surface area contributed by atoms with Crippen molar-refractivity contribution in [3.8, 4) is 5.75 Å². The Kier molecular flexibility index (Phi) is 4.62. The predicted octanol–water partition coefficient (Wildman–Crippen LogP) is 3.30. The Balaban J connectivity index is 1.58. The van der Waals surface area contributed by atoms with Gasteiger partial charge in [0, 0.05) is 5.92 Å². The van der Waals surface area contributed by atoms with E-state index in [1.54, 1.807) is 0 Å². The van der Waals surface area contributed by atoms with Crippen LogP contribution in [0.25, 0.3) is 0 Å². The Labute approximate surface area is 138 Å². The first kappa shape index (κ1) is 16.3. The Morgan fingerprint density at radius 2 is 2.09 bits per heavy atom. The molecule has 0 aliphatic carbocycles. The maximum absolute atomic E-state index is 11.9. The molecule has 0 aromatic heterocycles. The minimum Gasteiger partial charge on any atom is -0.490 e. The molecule has 3 rings (SSSR count). The molecule has 0 amide bonds. The van der Waals surface area contributed by atoms with Gasteiger partial charge < -0.3 is 14.2 Å². The molecular weight excluding hydrogens is 292 g/mol. The van der Waals surface area contributed by atoms with Crippen molar-refractivity contribution in [3.05, 3.63) is 29.3 Å². The highest BCUT2D eigenvalue weighted by Gasteiger charge is 2.27. The molecule has 1 fully saturated rings. The summed E-state index contributed by atoms with van der Waals surface area (Å²) in [7, 11) is 0. The molecule has 1 aromatic carbocycles. The molecule has 0 spiro atoms. The second-order valence-corrected chi connectivity index (χ2v) is 7.62. The second-order valence-electron chi connectivity index (χ2n) is 7.62. The van der Waals surface area contributed by atoms with E-state index in [9.17, 15) is 4.79 Å². The Hall–Kier alpha value is -1.55. The molecule has 1 atom stereocenters. The molecule has 4 nitrogen and oxygen atoms in total. The van der Waals surface area contributed by atoms with Crippen LogP contribution in [0.4, 0.5) is 0 Å². The van der Waals surface area contributed by atoms with Gasteiger partial charge in [-0.2, -0.15) is 0 Å². The van der Waals surface area contributed by atoms with Gasteiger partial charge in [0.2, 0.25) is 0 Å². The molecule has 1 aromatic rings. The quantitative estimate of drug-likeness (QED) is 0.799. The molecule has 126 valence electrons. The normalized spacial score (nSPS) is 21.1. The minimum atomic E-state index is -0.438. The number of fused-ring (bicyclic) bond motifs is 1. The van der Waals surface area contributed by atoms with Crippen LogP contribution in [-0.4, -0.2) is 30.9 Å². The molecule has 0 radical (unpaired) electrons. The number of aryl methyl sites for hydroxylation is 1. The number of rotatable bonds is 4. The number of ether oxygens (including phenoxy) is 3. The van der Waals surface area contributed by atoms with Crippen molar-refractivity contribution in [3.63, 3.8) is 0 Å². The van der Waals surface area contributed by atoms with Crippen molar-refractivity contribution < 1.29 is 19.0 Å². The fourth-order valence-corrected chi connectivity index (χ4v) is 3.11. The average Bonchev–Trinajstić information content (AvgIpc) is 2.40. The van der Waals surface area contributed by atoms with Gasteiger partial charge in [0.05, 0.1) is 25.7 Å². The van der Waals surface area contributed by atoms with Gasteiger partial charge in [-0.3, -0.25) is 4.79 Å². The van der Waals surface area contributed by atoms with Crippen molar-refractivity contribution in [2.24, 2.45) is 5.92 Å². The first-order valence-corrected chi connectivity index (χ1v) is 8.47. The summed E-state index contributed by atoms with van der Waals surface area (Å²) < 4.78 is 16.7. The fourth-order valence-electron chi connectivity index (χ4n) is 3.11. The lowest BCUT2D eigenvalue weighted by atomic mass is 9.93. The van der Waals surface area contributed by atoms with E-state index < -0.39 is 5.60 Å². The zero-order chi connectivity index (χ0) is 16.4. The van der Waals surface area contributed by atoms with Gasteiger partial charge in [0.25, 0.3) is 0 Å². The third kappa shape index (κ3) is 4.47. The van der Waals surface area contributed by atoms with E-state index in [1.165, 1.54) is 5.56 Å². The van der Waals surface area contributed by atoms with Crippen LogP contribution in [-0.2, 0) is 27.1 Å². The van der Waals surface area contributed by atoms with Crippen LogP contribution in [0.15, 0.2) is 18.2 Å². The Morgan fingerprint density at radius 1 is 1.30 bits per heavy atom. The monoisotopic (exact) mass is 318 g/mol. The fraction of sp³-hybridized carbons (Fsp3) is 0.632. The van der Waals surface area contributed by atoms with Gasteiger partial charge in [0.1, 0.15) is 11.4 Å². The third-order valence-electron chi connectivity index (χ3n) is 4.23. The lowest BCUT2D eigenvalue weighted by Crippen LogP contribution is -2.34. The SMILES string of the molecule is CC(C)(C)OC(=O)Cc1ccc2c(c1)CC[C@H](CC1COC1)O2. The minimum absolute atomic E-state index is 0.183. The first-order valence-electron chi connectivity index (χ1n) is 8.47. The largest absolute Gasteiger partial charge is 0.490 e. The van der Waals surface area contributed by atoms with Crippen LogP contribution in [0.3, 0.4) is 0 Å². The molecule has 0 N–H and O–H groups in total. The molecule has 2 heterocycles. The molecule has 2 aliphatic rings. The first-order chi connectivity index (χ1) is 10.9. The lowest BCUT2D eigenvalue weighted by molar-refractivity contribution is -0.153. The average molecular weight is 318 g/mol. The van der Waals surface area contributed by atoms with Gasteiger partial charge in [0.15, 0.2) is 0 Å². The van der Waals surface area contributed by atoms with Crippen LogP contribution in [0, 0.1) is 5.92 Å². The summed E-state index contributed by atoms with van der Waals surface area (Å²) in [6, 6.07) is 6.05. The van der Waals surface area contributed by atoms with E-state index in [2.05, 4.69) is 6.07 Å². The van der Waals surface area contributed by atoms with E-state index in [1.807, 2.05) is 32.9 Å². The van der Waals surface area contributed by atoms with E-state index in [4.69, 9.17) is 14.2 Å². The van der Waals surface area contributed by atoms with E-state index in [0.717, 1.165) is 43.8 Å². The molecule has 0 unspecified atom stereocenters. The summed E-state index contributed by atoms with van der Waals surface area (Å²) in [5.74, 6) is 1.44. The summed E-state index contributed by atoms with van der Waals surface area (Å²) in [6.07, 6.45) is 3.75. The number of esters is 1. The molecule has 1 saturated heterocycles. The topological polar surface area (TPSA) is 44.8 Å². The standard InChI is InChI=1S/C19H26O4/c1-19(2,3)23-18(20)10-13-4-7-17-15(8-13)5-6-16(22-17)9-14-11-21-12-14/h4,7-8,14,16H,5-6,9-12H2,1-3H3/t16-/m1/s1. The lowest BCUT2D eigenvalue weighted by Gasteiger charge is -2.33. The summed E-state index contributed by atoms with van der Waals surface area (Å²) in [4.78, 5) is 11.9. The van der Waals surface area contributed by atoms with Crippen molar-refractivity contribution in [1.82, 2.24) is 0 Å². The molecule has 23 heavy (non-hydrogen) atoms. The summed E-state index contributed by atoms with van der Waals surface area (Å²) in [5, 5.41) is 0. The van der Waals surface area contributed by atoms with E-state index in [0.29, 0.717) is 18.4 Å². The summed E-state index contributed by atoms with van der Waals surface area (Å²) in [6.45, 7) is 7.42. The van der Waals surface area contributed by atoms with Gasteiger partial charge in [-0.05, 0) is 57.2 Å². The van der Waals surface area contributed by atoms with Crippen molar-refractivity contribution in [2.75, 3.05) is 13.2 Å². The molecule has 0 bridgehead atoms. The van der Waals surface area contributed by atoms with Crippen molar-refractivity contribution in [1.29, 1.82) is 0 Å². The van der Waals surface area contributed by atoms with Crippen LogP contribution in [0.2, 0.25) is 0 Å². The molecule has 0 saturated carbocycles. The van der Waals surface area contributed by atoms with Crippen LogP contribution in [0.5, 0.6) is 5.75 Å². The number of hydrogen-bond donors (Lipinski definition) is 0. The second kappa shape index (κ2) is 6.52. The van der Waals surface area contributed by atoms with Crippen molar-refractivity contribution >= 4 is 5.97 Å². The summed E-state index contributed by atoms with van der Waals surface area (Å²) in [5.41, 5.74) is 1.76. The molecule has 2 aliphatic heterocycles.